The summed E-state index contributed by atoms with van der Waals surface area (Å²) < 4.78 is 0.986. The number of nitrogens with zero attached hydrogens (tertiary/aromatic N) is 1. The molecule has 0 bridgehead atoms. The first kappa shape index (κ1) is 15.0. The van der Waals surface area contributed by atoms with E-state index in [-0.39, 0.29) is 11.3 Å². The van der Waals surface area contributed by atoms with Crippen LogP contribution in [0.1, 0.15) is 42.6 Å². The number of Topliss-reactive ketones (excluding diaryl/α,β-unsaturated/α-hetero) is 1. The van der Waals surface area contributed by atoms with Gasteiger partial charge in [-0.05, 0) is 37.5 Å². The summed E-state index contributed by atoms with van der Waals surface area (Å²) in [6, 6.07) is 7.26. The number of nitrogens with one attached hydrogen (secondary N) is 1. The van der Waals surface area contributed by atoms with Gasteiger partial charge < -0.3 is 4.98 Å². The predicted octanol–water partition coefficient (Wildman–Crippen LogP) is 2.07. The lowest BCUT2D eigenvalue weighted by Crippen LogP contribution is -2.36. The first-order valence-corrected chi connectivity index (χ1v) is 6.99. The molecule has 0 radical (unpaired) electrons. The summed E-state index contributed by atoms with van der Waals surface area (Å²) in [5.74, 6) is -0.371. The van der Waals surface area contributed by atoms with Gasteiger partial charge in [0.15, 0.2) is 5.78 Å². The molecule has 2 rings (SSSR count). The maximum Gasteiger partial charge on any atom is 0.333 e. The molecule has 1 aromatic heterocycles. The minimum absolute atomic E-state index is 0.0235. The van der Waals surface area contributed by atoms with E-state index in [1.807, 2.05) is 12.1 Å². The third-order valence-electron chi connectivity index (χ3n) is 3.37. The fraction of sp³-hybridized carbons (Fsp3) is 0.312. The molecule has 0 aliphatic rings. The highest BCUT2D eigenvalue weighted by atomic mass is 16.2. The molecule has 0 aliphatic heterocycles. The van der Waals surface area contributed by atoms with Gasteiger partial charge in [0.05, 0.1) is 11.3 Å². The van der Waals surface area contributed by atoms with Crippen molar-refractivity contribution in [1.82, 2.24) is 9.55 Å². The van der Waals surface area contributed by atoms with Gasteiger partial charge in [-0.15, -0.1) is 0 Å². The van der Waals surface area contributed by atoms with Crippen LogP contribution in [0.4, 0.5) is 0 Å². The van der Waals surface area contributed by atoms with Crippen LogP contribution in [0.15, 0.2) is 40.1 Å². The van der Waals surface area contributed by atoms with Gasteiger partial charge in [-0.25, -0.2) is 9.36 Å². The van der Waals surface area contributed by atoms with Crippen molar-refractivity contribution in [2.24, 2.45) is 0 Å². The van der Waals surface area contributed by atoms with Gasteiger partial charge in [-0.1, -0.05) is 25.5 Å². The van der Waals surface area contributed by atoms with Crippen molar-refractivity contribution in [3.8, 4) is 5.69 Å². The number of ketones is 1. The molecule has 0 amide bonds. The summed E-state index contributed by atoms with van der Waals surface area (Å²) in [7, 11) is 0. The van der Waals surface area contributed by atoms with E-state index in [9.17, 15) is 14.4 Å². The SMILES string of the molecule is CCCCc1ccc(-n2c(=O)[nH]cc(C(C)=O)c2=O)cc1. The quantitative estimate of drug-likeness (QED) is 0.855. The summed E-state index contributed by atoms with van der Waals surface area (Å²) in [6.45, 7) is 3.42. The summed E-state index contributed by atoms with van der Waals surface area (Å²) in [5, 5.41) is 0. The van der Waals surface area contributed by atoms with Crippen LogP contribution in [-0.4, -0.2) is 15.3 Å². The van der Waals surface area contributed by atoms with Crippen molar-refractivity contribution in [3.05, 3.63) is 62.4 Å². The van der Waals surface area contributed by atoms with Crippen molar-refractivity contribution in [2.45, 2.75) is 33.1 Å². The zero-order valence-electron chi connectivity index (χ0n) is 12.2. The second-order valence-corrected chi connectivity index (χ2v) is 4.97. The molecule has 0 saturated carbocycles. The lowest BCUT2D eigenvalue weighted by atomic mass is 10.1. The fourth-order valence-electron chi connectivity index (χ4n) is 2.15. The number of carbonyl (C=O) groups is 1. The van der Waals surface area contributed by atoms with Gasteiger partial charge >= 0.3 is 5.69 Å². The second kappa shape index (κ2) is 6.35. The number of hydrogen-bond donors (Lipinski definition) is 1. The fourth-order valence-corrected chi connectivity index (χ4v) is 2.15. The molecule has 1 N–H and O–H groups in total. The Balaban J connectivity index is 2.47. The van der Waals surface area contributed by atoms with Crippen LogP contribution in [0.25, 0.3) is 5.69 Å². The van der Waals surface area contributed by atoms with E-state index in [1.165, 1.54) is 13.1 Å². The number of unbranched alkanes of at least 4 members (excludes halogenated alkanes) is 1. The highest BCUT2D eigenvalue weighted by molar-refractivity contribution is 5.93. The molecule has 0 fully saturated rings. The Morgan fingerprint density at radius 2 is 1.86 bits per heavy atom. The van der Waals surface area contributed by atoms with Gasteiger partial charge in [0.25, 0.3) is 5.56 Å². The van der Waals surface area contributed by atoms with Crippen molar-refractivity contribution >= 4 is 5.78 Å². The van der Waals surface area contributed by atoms with Crippen LogP contribution < -0.4 is 11.2 Å². The topological polar surface area (TPSA) is 71.9 Å². The second-order valence-electron chi connectivity index (χ2n) is 4.97. The van der Waals surface area contributed by atoms with E-state index in [4.69, 9.17) is 0 Å². The van der Waals surface area contributed by atoms with E-state index in [0.717, 1.165) is 29.4 Å². The third kappa shape index (κ3) is 3.18. The summed E-state index contributed by atoms with van der Waals surface area (Å²) >= 11 is 0. The number of hydrogen-bond acceptors (Lipinski definition) is 3. The number of benzene rings is 1. The number of aryl methyl sites for hydroxylation is 1. The van der Waals surface area contributed by atoms with Crippen LogP contribution in [0.5, 0.6) is 0 Å². The van der Waals surface area contributed by atoms with Crippen LogP contribution in [0, 0.1) is 0 Å². The summed E-state index contributed by atoms with van der Waals surface area (Å²) in [4.78, 5) is 37.9. The number of carbonyl (C=O) groups excluding carboxylic acids is 1. The van der Waals surface area contributed by atoms with Crippen LogP contribution in [0.3, 0.4) is 0 Å². The Morgan fingerprint density at radius 3 is 2.43 bits per heavy atom. The van der Waals surface area contributed by atoms with Gasteiger partial charge in [-0.2, -0.15) is 0 Å². The maximum atomic E-state index is 12.2. The monoisotopic (exact) mass is 286 g/mol. The molecule has 1 aromatic carbocycles. The molecule has 5 heteroatoms. The molecule has 110 valence electrons. The first-order valence-electron chi connectivity index (χ1n) is 6.99. The molecule has 5 nitrogen and oxygen atoms in total. The molecule has 2 aromatic rings. The molecule has 0 unspecified atom stereocenters. The predicted molar refractivity (Wildman–Crippen MR) is 81.3 cm³/mol. The Kier molecular flexibility index (Phi) is 4.52. The average molecular weight is 286 g/mol. The van der Waals surface area contributed by atoms with Crippen LogP contribution in [0.2, 0.25) is 0 Å². The number of aromatic nitrogens is 2. The molecule has 0 atom stereocenters. The normalized spacial score (nSPS) is 10.6. The Hall–Kier alpha value is -2.43. The number of H-pyrrole nitrogens is 1. The average Bonchev–Trinajstić information content (AvgIpc) is 2.46. The van der Waals surface area contributed by atoms with Crippen molar-refractivity contribution in [1.29, 1.82) is 0 Å². The first-order chi connectivity index (χ1) is 10.0. The minimum Gasteiger partial charge on any atom is -0.313 e. The third-order valence-corrected chi connectivity index (χ3v) is 3.37. The molecule has 0 saturated heterocycles. The van der Waals surface area contributed by atoms with Gasteiger partial charge in [-0.3, -0.25) is 9.59 Å². The molecule has 21 heavy (non-hydrogen) atoms. The standard InChI is InChI=1S/C16H18N2O3/c1-3-4-5-12-6-8-13(9-7-12)18-15(20)14(11(2)19)10-17-16(18)21/h6-10H,3-5H2,1-2H3,(H,17,21). The summed E-state index contributed by atoms with van der Waals surface area (Å²) in [5.41, 5.74) is 0.459. The minimum atomic E-state index is -0.590. The van der Waals surface area contributed by atoms with E-state index in [0.29, 0.717) is 5.69 Å². The lowest BCUT2D eigenvalue weighted by Gasteiger charge is -2.07. The van der Waals surface area contributed by atoms with E-state index in [1.54, 1.807) is 12.1 Å². The zero-order valence-corrected chi connectivity index (χ0v) is 12.2. The highest BCUT2D eigenvalue weighted by Gasteiger charge is 2.12. The smallest absolute Gasteiger partial charge is 0.313 e. The number of rotatable bonds is 5. The molecular weight excluding hydrogens is 268 g/mol. The Labute approximate surface area is 122 Å². The van der Waals surface area contributed by atoms with Crippen molar-refractivity contribution in [3.63, 3.8) is 0 Å². The number of aromatic amines is 1. The lowest BCUT2D eigenvalue weighted by molar-refractivity contribution is 0.101. The highest BCUT2D eigenvalue weighted by Crippen LogP contribution is 2.09. The zero-order chi connectivity index (χ0) is 15.4. The summed E-state index contributed by atoms with van der Waals surface area (Å²) in [6.07, 6.45) is 4.34. The molecule has 0 aliphatic carbocycles. The van der Waals surface area contributed by atoms with E-state index >= 15 is 0 Å². The van der Waals surface area contributed by atoms with Crippen molar-refractivity contribution in [2.75, 3.05) is 0 Å². The largest absolute Gasteiger partial charge is 0.333 e. The van der Waals surface area contributed by atoms with Crippen molar-refractivity contribution < 1.29 is 4.79 Å². The van der Waals surface area contributed by atoms with E-state index in [2.05, 4.69) is 11.9 Å². The van der Waals surface area contributed by atoms with Gasteiger partial charge in [0.1, 0.15) is 0 Å². The molecular formula is C16H18N2O3. The van der Waals surface area contributed by atoms with Gasteiger partial charge in [0, 0.05) is 6.20 Å². The maximum absolute atomic E-state index is 12.2. The molecule has 0 spiro atoms. The Bertz CT molecular complexity index is 754. The van der Waals surface area contributed by atoms with Crippen LogP contribution in [-0.2, 0) is 6.42 Å². The Morgan fingerprint density at radius 1 is 1.19 bits per heavy atom. The van der Waals surface area contributed by atoms with Crippen LogP contribution >= 0.6 is 0 Å². The van der Waals surface area contributed by atoms with Gasteiger partial charge in [0.2, 0.25) is 0 Å². The van der Waals surface area contributed by atoms with E-state index < -0.39 is 11.2 Å². The molecule has 1 heterocycles.